The molecule has 6 aromatic carbocycles. The third-order valence-corrected chi connectivity index (χ3v) is 22.1. The number of hydrogen-bond donors (Lipinski definition) is 0. The van der Waals surface area contributed by atoms with Gasteiger partial charge in [-0.15, -0.1) is 0 Å². The minimum absolute atomic E-state index is 0.857. The average molecular weight is 1290 g/mol. The largest absolute Gasteiger partial charge is 0.249 e. The molecule has 0 saturated heterocycles. The third kappa shape index (κ3) is 14.1. The molecule has 12 nitrogen and oxygen atoms in total. The lowest BCUT2D eigenvalue weighted by Gasteiger charge is -2.14. The fourth-order valence-corrected chi connectivity index (χ4v) is 12.9. The highest BCUT2D eigenvalue weighted by molar-refractivity contribution is 5.91. The molecule has 0 spiro atoms. The number of aromatic nitrogens is 12. The lowest BCUT2D eigenvalue weighted by atomic mass is 9.94. The summed E-state index contributed by atoms with van der Waals surface area (Å²) in [5.41, 5.74) is 52.5. The standard InChI is InChI=1S/6C14H18N2/c2*1-7-8(2)10(4)14-13(9(7)3)11(5)15-12(6)16-14;4*1-7-8(2)10(4)14-13(9(7)3)15-11(5)12(6)16-14/h6*1-6H3. The molecule has 0 amide bonds. The zero-order valence-electron chi connectivity index (χ0n) is 65.4. The normalized spacial score (nSPS) is 11.1. The van der Waals surface area contributed by atoms with E-state index in [1.165, 1.54) is 144 Å². The van der Waals surface area contributed by atoms with Gasteiger partial charge >= 0.3 is 0 Å². The Labute approximate surface area is 574 Å². The summed E-state index contributed by atoms with van der Waals surface area (Å²) in [4.78, 5) is 55.5. The van der Waals surface area contributed by atoms with Crippen LogP contribution in [0.2, 0.25) is 0 Å². The Morgan fingerprint density at radius 1 is 0.104 bits per heavy atom. The third-order valence-electron chi connectivity index (χ3n) is 22.1. The van der Waals surface area contributed by atoms with E-state index in [0.717, 1.165) is 124 Å². The molecule has 0 atom stereocenters. The molecule has 6 aromatic heterocycles. The SMILES string of the molecule is Cc1nc(C)c2c(C)c(C)c(C)c(C)c2n1.Cc1nc(C)c2c(C)c(C)c(C)c(C)c2n1.Cc1nc2c(C)c(C)c(C)c(C)c2nc1C.Cc1nc2c(C)c(C)c(C)c(C)c2nc1C.Cc1nc2c(C)c(C)c(C)c(C)c2nc1C.Cc1nc2c(C)c(C)c(C)c(C)c2nc1C. The van der Waals surface area contributed by atoms with Gasteiger partial charge in [0.05, 0.1) is 101 Å². The second-order valence-electron chi connectivity index (χ2n) is 27.5. The van der Waals surface area contributed by atoms with Crippen molar-refractivity contribution in [3.05, 3.63) is 202 Å². The minimum atomic E-state index is 0.857. The summed E-state index contributed by atoms with van der Waals surface area (Å²) in [6.07, 6.45) is 0. The van der Waals surface area contributed by atoms with Gasteiger partial charge in [0.15, 0.2) is 0 Å². The van der Waals surface area contributed by atoms with Crippen molar-refractivity contribution in [1.82, 2.24) is 59.8 Å². The van der Waals surface area contributed by atoms with Crippen molar-refractivity contribution < 1.29 is 0 Å². The predicted octanol–water partition coefficient (Wildman–Crippen LogP) is 20.9. The van der Waals surface area contributed by atoms with Crippen LogP contribution in [-0.2, 0) is 0 Å². The number of aryl methyl sites for hydroxylation is 24. The van der Waals surface area contributed by atoms with E-state index in [1.54, 1.807) is 0 Å². The molecule has 0 radical (unpaired) electrons. The molecule has 0 bridgehead atoms. The van der Waals surface area contributed by atoms with Crippen LogP contribution in [0.15, 0.2) is 0 Å². The van der Waals surface area contributed by atoms with Gasteiger partial charge in [0.25, 0.3) is 0 Å². The second kappa shape index (κ2) is 29.0. The van der Waals surface area contributed by atoms with Gasteiger partial charge in [-0.1, -0.05) is 0 Å². The Hall–Kier alpha value is -8.64. The molecule has 0 N–H and O–H groups in total. The van der Waals surface area contributed by atoms with E-state index in [1.807, 2.05) is 69.2 Å². The molecule has 0 aliphatic heterocycles. The first kappa shape index (κ1) is 74.8. The van der Waals surface area contributed by atoms with E-state index in [2.05, 4.69) is 240 Å². The van der Waals surface area contributed by atoms with Gasteiger partial charge in [-0.25, -0.2) is 59.8 Å². The highest BCUT2D eigenvalue weighted by Crippen LogP contribution is 2.34. The molecular weight excluding hydrogens is 1180 g/mol. The van der Waals surface area contributed by atoms with Crippen LogP contribution < -0.4 is 0 Å². The van der Waals surface area contributed by atoms with E-state index in [-0.39, 0.29) is 0 Å². The number of nitrogens with zero attached hydrogens (tertiary/aromatic N) is 12. The number of hydrogen-bond acceptors (Lipinski definition) is 12. The fraction of sp³-hybridized carbons (Fsp3) is 0.429. The molecule has 12 aromatic rings. The van der Waals surface area contributed by atoms with E-state index < -0.39 is 0 Å². The monoisotopic (exact) mass is 1280 g/mol. The first-order valence-electron chi connectivity index (χ1n) is 33.9. The maximum Gasteiger partial charge on any atom is 0.126 e. The molecule has 12 rings (SSSR count). The summed E-state index contributed by atoms with van der Waals surface area (Å²) < 4.78 is 0. The Balaban J connectivity index is 0.000000163. The lowest BCUT2D eigenvalue weighted by Crippen LogP contribution is -2.01. The predicted molar refractivity (Wildman–Crippen MR) is 408 cm³/mol. The zero-order chi connectivity index (χ0) is 72.2. The minimum Gasteiger partial charge on any atom is -0.249 e. The molecular formula is C84H108N12. The van der Waals surface area contributed by atoms with Crippen LogP contribution in [0.4, 0.5) is 0 Å². The first-order valence-corrected chi connectivity index (χ1v) is 33.9. The molecule has 12 heteroatoms. The quantitative estimate of drug-likeness (QED) is 0.142. The smallest absolute Gasteiger partial charge is 0.126 e. The van der Waals surface area contributed by atoms with Gasteiger partial charge in [0.1, 0.15) is 11.6 Å². The van der Waals surface area contributed by atoms with Crippen LogP contribution in [0.3, 0.4) is 0 Å². The van der Waals surface area contributed by atoms with Crippen molar-refractivity contribution in [2.45, 2.75) is 249 Å². The van der Waals surface area contributed by atoms with Crippen LogP contribution in [-0.4, -0.2) is 59.8 Å². The molecule has 96 heavy (non-hydrogen) atoms. The maximum absolute atomic E-state index is 4.68. The molecule has 0 saturated carbocycles. The van der Waals surface area contributed by atoms with Crippen LogP contribution in [0.1, 0.15) is 202 Å². The molecule has 504 valence electrons. The van der Waals surface area contributed by atoms with Crippen LogP contribution in [0.25, 0.3) is 65.9 Å². The van der Waals surface area contributed by atoms with Crippen LogP contribution in [0, 0.1) is 249 Å². The highest BCUT2D eigenvalue weighted by Gasteiger charge is 2.19. The van der Waals surface area contributed by atoms with Gasteiger partial charge < -0.3 is 0 Å². The fourth-order valence-electron chi connectivity index (χ4n) is 12.9. The maximum atomic E-state index is 4.68. The average Bonchev–Trinajstić information content (AvgIpc) is 0.826. The van der Waals surface area contributed by atoms with Crippen molar-refractivity contribution in [2.75, 3.05) is 0 Å². The van der Waals surface area contributed by atoms with Gasteiger partial charge in [-0.05, 0) is 383 Å². The Morgan fingerprint density at radius 3 is 0.375 bits per heavy atom. The van der Waals surface area contributed by atoms with Crippen molar-refractivity contribution in [3.63, 3.8) is 0 Å². The highest BCUT2D eigenvalue weighted by atomic mass is 14.9. The lowest BCUT2D eigenvalue weighted by molar-refractivity contribution is 1.04. The van der Waals surface area contributed by atoms with Gasteiger partial charge in [-0.3, -0.25) is 0 Å². The van der Waals surface area contributed by atoms with Crippen LogP contribution in [0.5, 0.6) is 0 Å². The van der Waals surface area contributed by atoms with Crippen molar-refractivity contribution in [1.29, 1.82) is 0 Å². The number of benzene rings is 6. The van der Waals surface area contributed by atoms with Crippen molar-refractivity contribution >= 4 is 65.9 Å². The molecule has 0 aliphatic rings. The summed E-state index contributed by atoms with van der Waals surface area (Å²) in [5.74, 6) is 1.71. The van der Waals surface area contributed by atoms with Crippen molar-refractivity contribution in [2.24, 2.45) is 0 Å². The summed E-state index contributed by atoms with van der Waals surface area (Å²) in [6.45, 7) is 75.9. The topological polar surface area (TPSA) is 155 Å². The Bertz CT molecular complexity index is 4420. The van der Waals surface area contributed by atoms with E-state index in [0.29, 0.717) is 0 Å². The van der Waals surface area contributed by atoms with E-state index >= 15 is 0 Å². The molecule has 0 unspecified atom stereocenters. The summed E-state index contributed by atoms with van der Waals surface area (Å²) >= 11 is 0. The second-order valence-corrected chi connectivity index (χ2v) is 27.5. The van der Waals surface area contributed by atoms with Gasteiger partial charge in [-0.2, -0.15) is 0 Å². The van der Waals surface area contributed by atoms with Crippen molar-refractivity contribution in [3.8, 4) is 0 Å². The first-order chi connectivity index (χ1) is 44.6. The summed E-state index contributed by atoms with van der Waals surface area (Å²) in [7, 11) is 0. The molecule has 0 fully saturated rings. The van der Waals surface area contributed by atoms with Gasteiger partial charge in [0.2, 0.25) is 0 Å². The van der Waals surface area contributed by atoms with Gasteiger partial charge in [0, 0.05) is 22.2 Å². The summed E-state index contributed by atoms with van der Waals surface area (Å²) in [6, 6.07) is 0. The zero-order valence-corrected chi connectivity index (χ0v) is 65.4. The van der Waals surface area contributed by atoms with E-state index in [9.17, 15) is 0 Å². The Kier molecular flexibility index (Phi) is 22.6. The summed E-state index contributed by atoms with van der Waals surface area (Å²) in [5, 5.41) is 2.46. The number of rotatable bonds is 0. The number of fused-ring (bicyclic) bond motifs is 6. The van der Waals surface area contributed by atoms with Crippen LogP contribution >= 0.6 is 0 Å². The van der Waals surface area contributed by atoms with E-state index in [4.69, 9.17) is 0 Å². The molecule has 6 heterocycles. The Morgan fingerprint density at radius 2 is 0.229 bits per heavy atom. The molecule has 0 aliphatic carbocycles.